The van der Waals surface area contributed by atoms with Gasteiger partial charge in [0.25, 0.3) is 0 Å². The van der Waals surface area contributed by atoms with E-state index in [1.807, 2.05) is 18.2 Å². The number of benzene rings is 2. The number of allylic oxidation sites excluding steroid dienone is 4. The molecule has 1 heterocycles. The van der Waals surface area contributed by atoms with Gasteiger partial charge in [-0.2, -0.15) is 0 Å². The highest BCUT2D eigenvalue weighted by Crippen LogP contribution is 2.33. The van der Waals surface area contributed by atoms with Crippen LogP contribution in [-0.4, -0.2) is 34.8 Å². The molecule has 1 saturated heterocycles. The average Bonchev–Trinajstić information content (AvgIpc) is 3.03. The lowest BCUT2D eigenvalue weighted by atomic mass is 9.89. The molecule has 1 unspecified atom stereocenters. The highest BCUT2D eigenvalue weighted by molar-refractivity contribution is 6.34. The number of aliphatic imine (C=N–C) groups is 1. The number of nitrogens with zero attached hydrogens (tertiary/aromatic N) is 2. The van der Waals surface area contributed by atoms with Crippen molar-refractivity contribution in [1.82, 2.24) is 4.90 Å². The fourth-order valence-corrected chi connectivity index (χ4v) is 5.78. The molecule has 6 heteroatoms. The van der Waals surface area contributed by atoms with Gasteiger partial charge in [-0.1, -0.05) is 66.9 Å². The van der Waals surface area contributed by atoms with Crippen LogP contribution in [0.1, 0.15) is 62.6 Å². The van der Waals surface area contributed by atoms with Crippen molar-refractivity contribution in [3.8, 4) is 0 Å². The summed E-state index contributed by atoms with van der Waals surface area (Å²) in [5, 5.41) is 11.0. The Morgan fingerprint density at radius 2 is 1.76 bits per heavy atom. The average molecular weight is 552 g/mol. The zero-order valence-electron chi connectivity index (χ0n) is 22.6. The Morgan fingerprint density at radius 1 is 1.08 bits per heavy atom. The lowest BCUT2D eigenvalue weighted by molar-refractivity contribution is -0.132. The van der Waals surface area contributed by atoms with Crippen LogP contribution in [0.15, 0.2) is 76.3 Å². The Bertz CT molecular complexity index is 1310. The number of likely N-dealkylation sites (tertiary alicyclic amines) is 1. The molecule has 2 aromatic rings. The molecule has 0 aromatic heterocycles. The zero-order valence-corrected chi connectivity index (χ0v) is 24.1. The summed E-state index contributed by atoms with van der Waals surface area (Å²) in [7, 11) is 0. The lowest BCUT2D eigenvalue weighted by Crippen LogP contribution is -2.32. The second-order valence-corrected chi connectivity index (χ2v) is 11.3. The Kier molecular flexibility index (Phi) is 9.30. The summed E-state index contributed by atoms with van der Waals surface area (Å²) < 4.78 is 0. The van der Waals surface area contributed by atoms with Crippen LogP contribution >= 0.6 is 23.2 Å². The molecule has 4 nitrogen and oxygen atoms in total. The predicted molar refractivity (Wildman–Crippen MR) is 159 cm³/mol. The van der Waals surface area contributed by atoms with Gasteiger partial charge in [0.05, 0.1) is 11.3 Å². The second-order valence-electron chi connectivity index (χ2n) is 10.4. The molecule has 1 aliphatic heterocycles. The Morgan fingerprint density at radius 3 is 2.39 bits per heavy atom. The minimum atomic E-state index is -0.920. The van der Waals surface area contributed by atoms with Gasteiger partial charge in [0.2, 0.25) is 0 Å². The van der Waals surface area contributed by atoms with Gasteiger partial charge >= 0.3 is 5.97 Å². The van der Waals surface area contributed by atoms with E-state index in [1.165, 1.54) is 11.1 Å². The van der Waals surface area contributed by atoms with Gasteiger partial charge in [-0.3, -0.25) is 9.89 Å². The summed E-state index contributed by atoms with van der Waals surface area (Å²) >= 11 is 12.5. The van der Waals surface area contributed by atoms with E-state index in [4.69, 9.17) is 28.2 Å². The van der Waals surface area contributed by atoms with Gasteiger partial charge < -0.3 is 5.11 Å². The van der Waals surface area contributed by atoms with E-state index in [0.717, 1.165) is 60.6 Å². The van der Waals surface area contributed by atoms with Crippen LogP contribution in [0, 0.1) is 12.8 Å². The third-order valence-electron chi connectivity index (χ3n) is 7.74. The first-order valence-corrected chi connectivity index (χ1v) is 14.1. The molecule has 0 bridgehead atoms. The standard InChI is InChI=1S/C32H36Cl2N2O2/c1-5-30(29-17-25(32(37)38)9-7-20(2)22(29)4)35-31-14-23(8-6-21(31)3)19-36-12-10-24(11-13-36)26-15-27(33)18-28(34)16-26/h6-9,14-18,20,24H,5,10-13,19H2,1-4H3,(H,37,38). The smallest absolute Gasteiger partial charge is 0.335 e. The number of aliphatic carboxylic acids is 1. The van der Waals surface area contributed by atoms with Crippen LogP contribution < -0.4 is 0 Å². The number of aryl methyl sites for hydroxylation is 1. The molecule has 0 spiro atoms. The summed E-state index contributed by atoms with van der Waals surface area (Å²) in [6.45, 7) is 11.2. The van der Waals surface area contributed by atoms with E-state index in [0.29, 0.717) is 28.0 Å². The lowest BCUT2D eigenvalue weighted by Gasteiger charge is -2.32. The van der Waals surface area contributed by atoms with Crippen molar-refractivity contribution in [3.63, 3.8) is 0 Å². The molecule has 4 rings (SSSR count). The fourth-order valence-electron chi connectivity index (χ4n) is 5.24. The van der Waals surface area contributed by atoms with E-state index in [-0.39, 0.29) is 5.92 Å². The topological polar surface area (TPSA) is 52.9 Å². The Hall–Kier alpha value is -2.66. The molecule has 0 radical (unpaired) electrons. The highest BCUT2D eigenvalue weighted by Gasteiger charge is 2.22. The fraction of sp³-hybridized carbons (Fsp3) is 0.375. The number of rotatable bonds is 7. The largest absolute Gasteiger partial charge is 0.478 e. The third kappa shape index (κ3) is 6.85. The van der Waals surface area contributed by atoms with Crippen LogP contribution in [0.5, 0.6) is 0 Å². The second kappa shape index (κ2) is 12.5. The minimum absolute atomic E-state index is 0.146. The first kappa shape index (κ1) is 28.4. The van der Waals surface area contributed by atoms with Gasteiger partial charge in [0.15, 0.2) is 0 Å². The molecule has 200 valence electrons. The molecule has 1 fully saturated rings. The van der Waals surface area contributed by atoms with Crippen molar-refractivity contribution >= 4 is 40.6 Å². The molecule has 38 heavy (non-hydrogen) atoms. The van der Waals surface area contributed by atoms with Crippen molar-refractivity contribution in [2.24, 2.45) is 10.9 Å². The van der Waals surface area contributed by atoms with Crippen LogP contribution in [0.25, 0.3) is 0 Å². The third-order valence-corrected chi connectivity index (χ3v) is 8.18. The quantitative estimate of drug-likeness (QED) is 0.350. The molecule has 1 aliphatic carbocycles. The molecule has 1 atom stereocenters. The molecular formula is C32H36Cl2N2O2. The van der Waals surface area contributed by atoms with E-state index in [1.54, 1.807) is 18.2 Å². The summed E-state index contributed by atoms with van der Waals surface area (Å²) in [6.07, 6.45) is 8.29. The van der Waals surface area contributed by atoms with Crippen LogP contribution in [0.4, 0.5) is 5.69 Å². The zero-order chi connectivity index (χ0) is 27.4. The molecule has 0 saturated carbocycles. The van der Waals surface area contributed by atoms with Gasteiger partial charge in [-0.15, -0.1) is 0 Å². The number of carboxylic acid groups (broad SMARTS) is 1. The summed E-state index contributed by atoms with van der Waals surface area (Å²) in [4.78, 5) is 19.3. The van der Waals surface area contributed by atoms with E-state index >= 15 is 0 Å². The Balaban J connectivity index is 1.52. The van der Waals surface area contributed by atoms with Gasteiger partial charge in [-0.05, 0) is 111 Å². The number of hydrogen-bond acceptors (Lipinski definition) is 3. The first-order valence-electron chi connectivity index (χ1n) is 13.3. The normalized spacial score (nSPS) is 19.5. The molecule has 2 aromatic carbocycles. The van der Waals surface area contributed by atoms with Crippen molar-refractivity contribution < 1.29 is 9.90 Å². The number of carbonyl (C=O) groups is 1. The molecule has 2 aliphatic rings. The molecular weight excluding hydrogens is 515 g/mol. The monoisotopic (exact) mass is 550 g/mol. The molecule has 1 N–H and O–H groups in total. The maximum atomic E-state index is 11.8. The summed E-state index contributed by atoms with van der Waals surface area (Å²) in [5.74, 6) is -0.297. The number of piperidine rings is 1. The van der Waals surface area contributed by atoms with Gasteiger partial charge in [0, 0.05) is 22.3 Å². The SMILES string of the molecule is CCC(=Nc1cc(CN2CCC(c3cc(Cl)cc(Cl)c3)CC2)ccc1C)C1=C(C)C(C)C=CC(C(=O)O)=C1. The van der Waals surface area contributed by atoms with Crippen LogP contribution in [0.3, 0.4) is 0 Å². The van der Waals surface area contributed by atoms with Crippen molar-refractivity contribution in [1.29, 1.82) is 0 Å². The van der Waals surface area contributed by atoms with Crippen LogP contribution in [-0.2, 0) is 11.3 Å². The number of halogens is 2. The highest BCUT2D eigenvalue weighted by atomic mass is 35.5. The van der Waals surface area contributed by atoms with E-state index < -0.39 is 5.97 Å². The maximum absolute atomic E-state index is 11.8. The van der Waals surface area contributed by atoms with Gasteiger partial charge in [0.1, 0.15) is 0 Å². The number of carboxylic acids is 1. The first-order chi connectivity index (χ1) is 18.1. The minimum Gasteiger partial charge on any atom is -0.478 e. The predicted octanol–water partition coefficient (Wildman–Crippen LogP) is 8.70. The maximum Gasteiger partial charge on any atom is 0.335 e. The van der Waals surface area contributed by atoms with E-state index in [2.05, 4.69) is 50.8 Å². The van der Waals surface area contributed by atoms with Crippen molar-refractivity contribution in [2.45, 2.75) is 59.4 Å². The van der Waals surface area contributed by atoms with Crippen molar-refractivity contribution in [3.05, 3.63) is 98.1 Å². The van der Waals surface area contributed by atoms with Crippen molar-refractivity contribution in [2.75, 3.05) is 13.1 Å². The molecule has 0 amide bonds. The number of hydrogen-bond donors (Lipinski definition) is 1. The Labute approximate surface area is 236 Å². The summed E-state index contributed by atoms with van der Waals surface area (Å²) in [5.41, 5.74) is 7.78. The van der Waals surface area contributed by atoms with Crippen LogP contribution in [0.2, 0.25) is 10.0 Å². The van der Waals surface area contributed by atoms with Gasteiger partial charge in [-0.25, -0.2) is 4.79 Å². The summed E-state index contributed by atoms with van der Waals surface area (Å²) in [6, 6.07) is 12.4. The van der Waals surface area contributed by atoms with E-state index in [9.17, 15) is 9.90 Å².